The fraction of sp³-hybridized carbons (Fsp3) is 0.200. The Hall–Kier alpha value is -3.32. The Labute approximate surface area is 223 Å². The van der Waals surface area contributed by atoms with E-state index in [1.54, 1.807) is 24.3 Å². The minimum absolute atomic E-state index is 0.162. The first kappa shape index (κ1) is 25.3. The van der Waals surface area contributed by atoms with Crippen LogP contribution in [0.15, 0.2) is 108 Å². The molecule has 4 aromatic rings. The fourth-order valence-corrected chi connectivity index (χ4v) is 6.86. The number of nitrogens with zero attached hydrogens (tertiary/aromatic N) is 1. The summed E-state index contributed by atoms with van der Waals surface area (Å²) in [5, 5.41) is 3.93. The van der Waals surface area contributed by atoms with Crippen molar-refractivity contribution in [2.24, 2.45) is 0 Å². The van der Waals surface area contributed by atoms with Gasteiger partial charge < -0.3 is 10.1 Å². The highest BCUT2D eigenvalue weighted by atomic mass is 35.5. The van der Waals surface area contributed by atoms with Crippen LogP contribution in [0.25, 0.3) is 0 Å². The normalized spacial score (nSPS) is 18.9. The molecule has 4 aromatic carbocycles. The van der Waals surface area contributed by atoms with E-state index in [1.807, 2.05) is 73.7 Å². The van der Waals surface area contributed by atoms with Crippen LogP contribution in [0.4, 0.5) is 5.69 Å². The minimum atomic E-state index is -3.94. The summed E-state index contributed by atoms with van der Waals surface area (Å²) in [4.78, 5) is 0.162. The lowest BCUT2D eigenvalue weighted by Crippen LogP contribution is -2.41. The lowest BCUT2D eigenvalue weighted by molar-refractivity contribution is 0.124. The highest BCUT2D eigenvalue weighted by Crippen LogP contribution is 2.43. The van der Waals surface area contributed by atoms with Crippen molar-refractivity contribution in [3.05, 3.63) is 125 Å². The predicted molar refractivity (Wildman–Crippen MR) is 149 cm³/mol. The molecule has 5 nitrogen and oxygen atoms in total. The SMILES string of the molecule is C[C@H]1[C@H](c2ccccc2)Oc2cccc(NCCc3ccccc3)c2S(=O)(=O)N1Cc1cccc(Cl)c1. The molecule has 0 radical (unpaired) electrons. The second-order valence-electron chi connectivity index (χ2n) is 9.17. The number of hydrogen-bond acceptors (Lipinski definition) is 4. The average molecular weight is 533 g/mol. The Kier molecular flexibility index (Phi) is 7.51. The van der Waals surface area contributed by atoms with Gasteiger partial charge in [-0.3, -0.25) is 0 Å². The summed E-state index contributed by atoms with van der Waals surface area (Å²) in [5.41, 5.74) is 3.44. The summed E-state index contributed by atoms with van der Waals surface area (Å²) in [6.45, 7) is 2.66. The van der Waals surface area contributed by atoms with Crippen LogP contribution in [-0.2, 0) is 23.0 Å². The van der Waals surface area contributed by atoms with Crippen molar-refractivity contribution in [3.8, 4) is 5.75 Å². The zero-order valence-electron chi connectivity index (χ0n) is 20.5. The second-order valence-corrected chi connectivity index (χ2v) is 11.4. The fourth-order valence-electron chi connectivity index (χ4n) is 4.76. The Bertz CT molecular complexity index is 1460. The summed E-state index contributed by atoms with van der Waals surface area (Å²) in [7, 11) is -3.94. The van der Waals surface area contributed by atoms with Crippen molar-refractivity contribution in [2.75, 3.05) is 11.9 Å². The molecule has 1 heterocycles. The van der Waals surface area contributed by atoms with Gasteiger partial charge in [-0.1, -0.05) is 90.5 Å². The lowest BCUT2D eigenvalue weighted by Gasteiger charge is -2.31. The van der Waals surface area contributed by atoms with Crippen LogP contribution in [0.2, 0.25) is 5.02 Å². The van der Waals surface area contributed by atoms with Crippen molar-refractivity contribution < 1.29 is 13.2 Å². The maximum Gasteiger partial charge on any atom is 0.249 e. The number of benzene rings is 4. The Morgan fingerprint density at radius 2 is 1.54 bits per heavy atom. The van der Waals surface area contributed by atoms with Gasteiger partial charge in [-0.2, -0.15) is 4.31 Å². The zero-order valence-corrected chi connectivity index (χ0v) is 22.1. The molecule has 1 aliphatic rings. The quantitative estimate of drug-likeness (QED) is 0.287. The van der Waals surface area contributed by atoms with Gasteiger partial charge in [0.15, 0.2) is 0 Å². The zero-order chi connectivity index (χ0) is 25.8. The summed E-state index contributed by atoms with van der Waals surface area (Å²) >= 11 is 6.24. The van der Waals surface area contributed by atoms with Crippen LogP contribution in [0.5, 0.6) is 5.75 Å². The van der Waals surface area contributed by atoms with Crippen LogP contribution in [0.1, 0.15) is 29.7 Å². The molecule has 0 saturated carbocycles. The van der Waals surface area contributed by atoms with Crippen molar-refractivity contribution in [3.63, 3.8) is 0 Å². The van der Waals surface area contributed by atoms with Crippen molar-refractivity contribution in [1.82, 2.24) is 4.31 Å². The van der Waals surface area contributed by atoms with Gasteiger partial charge in [-0.25, -0.2) is 8.42 Å². The minimum Gasteiger partial charge on any atom is -0.483 e. The van der Waals surface area contributed by atoms with Gasteiger partial charge in [0.1, 0.15) is 16.7 Å². The van der Waals surface area contributed by atoms with Gasteiger partial charge in [0, 0.05) is 18.1 Å². The molecule has 0 saturated heterocycles. The third-order valence-electron chi connectivity index (χ3n) is 6.62. The van der Waals surface area contributed by atoms with Crippen LogP contribution in [0.3, 0.4) is 0 Å². The Morgan fingerprint density at radius 1 is 0.865 bits per heavy atom. The summed E-state index contributed by atoms with van der Waals surface area (Å²) < 4.78 is 36.7. The molecule has 37 heavy (non-hydrogen) atoms. The molecule has 0 aromatic heterocycles. The molecule has 1 N–H and O–H groups in total. The standard InChI is InChI=1S/C30H29ClN2O3S/c1-22-29(25-13-6-3-7-14-25)36-28-17-9-16-27(32-19-18-23-10-4-2-5-11-23)30(28)37(34,35)33(22)21-24-12-8-15-26(31)20-24/h2-17,20,22,29,32H,18-19,21H2,1H3/t22-,29+/m0/s1. The Morgan fingerprint density at radius 3 is 2.27 bits per heavy atom. The molecule has 7 heteroatoms. The average Bonchev–Trinajstić information content (AvgIpc) is 2.98. The first-order valence-electron chi connectivity index (χ1n) is 12.3. The first-order chi connectivity index (χ1) is 17.9. The number of nitrogens with one attached hydrogen (secondary N) is 1. The summed E-state index contributed by atoms with van der Waals surface area (Å²) in [6.07, 6.45) is 0.275. The van der Waals surface area contributed by atoms with Crippen LogP contribution >= 0.6 is 11.6 Å². The van der Waals surface area contributed by atoms with E-state index in [2.05, 4.69) is 17.4 Å². The number of rotatable bonds is 7. The highest BCUT2D eigenvalue weighted by Gasteiger charge is 2.42. The van der Waals surface area contributed by atoms with Crippen LogP contribution in [-0.4, -0.2) is 25.3 Å². The van der Waals surface area contributed by atoms with E-state index in [0.717, 1.165) is 17.5 Å². The molecule has 2 atom stereocenters. The Balaban J connectivity index is 1.55. The van der Waals surface area contributed by atoms with E-state index in [-0.39, 0.29) is 11.4 Å². The molecule has 0 amide bonds. The van der Waals surface area contributed by atoms with Crippen LogP contribution < -0.4 is 10.1 Å². The van der Waals surface area contributed by atoms with E-state index in [4.69, 9.17) is 16.3 Å². The van der Waals surface area contributed by atoms with E-state index in [9.17, 15) is 8.42 Å². The predicted octanol–water partition coefficient (Wildman–Crippen LogP) is 6.71. The number of anilines is 1. The largest absolute Gasteiger partial charge is 0.483 e. The highest BCUT2D eigenvalue weighted by molar-refractivity contribution is 7.89. The molecular formula is C30H29ClN2O3S. The number of fused-ring (bicyclic) bond motifs is 1. The van der Waals surface area contributed by atoms with E-state index < -0.39 is 22.2 Å². The number of ether oxygens (including phenoxy) is 1. The van der Waals surface area contributed by atoms with Crippen molar-refractivity contribution in [1.29, 1.82) is 0 Å². The molecule has 5 rings (SSSR count). The summed E-state index contributed by atoms with van der Waals surface area (Å²) in [5.74, 6) is 0.346. The molecular weight excluding hydrogens is 504 g/mol. The van der Waals surface area contributed by atoms with Gasteiger partial charge in [0.05, 0.1) is 11.7 Å². The smallest absolute Gasteiger partial charge is 0.249 e. The number of hydrogen-bond donors (Lipinski definition) is 1. The van der Waals surface area contributed by atoms with E-state index in [0.29, 0.717) is 23.0 Å². The van der Waals surface area contributed by atoms with Crippen LogP contribution in [0, 0.1) is 0 Å². The van der Waals surface area contributed by atoms with Crippen molar-refractivity contribution in [2.45, 2.75) is 36.9 Å². The number of halogens is 1. The molecule has 0 unspecified atom stereocenters. The van der Waals surface area contributed by atoms with Gasteiger partial charge in [0.25, 0.3) is 0 Å². The molecule has 0 fully saturated rings. The summed E-state index contributed by atoms with van der Waals surface area (Å²) in [6, 6.07) is 32.1. The third-order valence-corrected chi connectivity index (χ3v) is 8.87. The molecule has 0 spiro atoms. The topological polar surface area (TPSA) is 58.6 Å². The van der Waals surface area contributed by atoms with E-state index >= 15 is 0 Å². The van der Waals surface area contributed by atoms with Gasteiger partial charge in [-0.05, 0) is 54.3 Å². The van der Waals surface area contributed by atoms with Crippen molar-refractivity contribution >= 4 is 27.3 Å². The third kappa shape index (κ3) is 5.52. The van der Waals surface area contributed by atoms with Gasteiger partial charge in [0.2, 0.25) is 10.0 Å². The number of sulfonamides is 1. The van der Waals surface area contributed by atoms with Gasteiger partial charge in [-0.15, -0.1) is 0 Å². The first-order valence-corrected chi connectivity index (χ1v) is 14.1. The molecule has 0 aliphatic carbocycles. The molecule has 0 bridgehead atoms. The monoisotopic (exact) mass is 532 g/mol. The second kappa shape index (κ2) is 11.0. The maximum absolute atomic E-state index is 14.3. The maximum atomic E-state index is 14.3. The lowest BCUT2D eigenvalue weighted by atomic mass is 10.0. The molecule has 1 aliphatic heterocycles. The molecule has 190 valence electrons. The van der Waals surface area contributed by atoms with E-state index in [1.165, 1.54) is 9.87 Å². The van der Waals surface area contributed by atoms with Gasteiger partial charge >= 0.3 is 0 Å².